The Labute approximate surface area is 240 Å². The maximum atomic E-state index is 14.2. The minimum absolute atomic E-state index is 0.00537. The van der Waals surface area contributed by atoms with E-state index in [9.17, 15) is 9.59 Å². The van der Waals surface area contributed by atoms with Gasteiger partial charge in [-0.2, -0.15) is 0 Å². The zero-order valence-electron chi connectivity index (χ0n) is 24.9. The number of aryl methyl sites for hydroxylation is 4. The molecule has 4 aromatic rings. The first-order valence-corrected chi connectivity index (χ1v) is 15.8. The fourth-order valence-corrected chi connectivity index (χ4v) is 6.41. The van der Waals surface area contributed by atoms with E-state index in [0.717, 1.165) is 98.6 Å². The Morgan fingerprint density at radius 2 is 0.625 bits per heavy atom. The van der Waals surface area contributed by atoms with Gasteiger partial charge in [0.25, 0.3) is 0 Å². The molecular formula is C38H44O2. The molecule has 1 aliphatic carbocycles. The van der Waals surface area contributed by atoms with Crippen molar-refractivity contribution in [1.82, 2.24) is 0 Å². The molecule has 0 fully saturated rings. The average molecular weight is 533 g/mol. The van der Waals surface area contributed by atoms with Crippen molar-refractivity contribution >= 4 is 33.1 Å². The SMILES string of the molecule is CCCCc1ccc(CCCC)c2cc3c(cc12)C(=O)c1cc2c(CCCC)ccc(CCCC)c2cc1C3=O. The third kappa shape index (κ3) is 5.26. The maximum absolute atomic E-state index is 14.2. The van der Waals surface area contributed by atoms with Crippen molar-refractivity contribution in [3.63, 3.8) is 0 Å². The maximum Gasteiger partial charge on any atom is 0.194 e. The van der Waals surface area contributed by atoms with E-state index in [-0.39, 0.29) is 11.6 Å². The third-order valence-electron chi connectivity index (χ3n) is 8.85. The first kappa shape index (κ1) is 28.3. The second-order valence-corrected chi connectivity index (χ2v) is 11.7. The number of ketones is 2. The predicted molar refractivity (Wildman–Crippen MR) is 169 cm³/mol. The second-order valence-electron chi connectivity index (χ2n) is 11.7. The Kier molecular flexibility index (Phi) is 8.84. The molecule has 0 saturated heterocycles. The largest absolute Gasteiger partial charge is 0.289 e. The fourth-order valence-electron chi connectivity index (χ4n) is 6.41. The fraction of sp³-hybridized carbons (Fsp3) is 0.421. The molecule has 5 rings (SSSR count). The van der Waals surface area contributed by atoms with Crippen LogP contribution in [0.15, 0.2) is 48.5 Å². The monoisotopic (exact) mass is 532 g/mol. The minimum atomic E-state index is -0.00537. The lowest BCUT2D eigenvalue weighted by atomic mass is 9.79. The lowest BCUT2D eigenvalue weighted by Crippen LogP contribution is -2.21. The lowest BCUT2D eigenvalue weighted by molar-refractivity contribution is 0.0979. The molecule has 208 valence electrons. The molecule has 40 heavy (non-hydrogen) atoms. The lowest BCUT2D eigenvalue weighted by Gasteiger charge is -2.22. The molecule has 4 aromatic carbocycles. The van der Waals surface area contributed by atoms with Crippen molar-refractivity contribution in [3.8, 4) is 0 Å². The van der Waals surface area contributed by atoms with Crippen molar-refractivity contribution in [1.29, 1.82) is 0 Å². The van der Waals surface area contributed by atoms with E-state index in [1.54, 1.807) is 0 Å². The molecule has 1 aliphatic rings. The highest BCUT2D eigenvalue weighted by atomic mass is 16.1. The molecule has 0 atom stereocenters. The van der Waals surface area contributed by atoms with Crippen LogP contribution in [0, 0.1) is 0 Å². The zero-order chi connectivity index (χ0) is 28.2. The van der Waals surface area contributed by atoms with Gasteiger partial charge in [-0.1, -0.05) is 77.6 Å². The van der Waals surface area contributed by atoms with Gasteiger partial charge in [-0.3, -0.25) is 9.59 Å². The molecule has 0 aromatic heterocycles. The van der Waals surface area contributed by atoms with Crippen molar-refractivity contribution in [3.05, 3.63) is 93.0 Å². The molecule has 0 N–H and O–H groups in total. The Hall–Kier alpha value is -3.26. The van der Waals surface area contributed by atoms with E-state index in [1.165, 1.54) is 22.3 Å². The van der Waals surface area contributed by atoms with E-state index in [2.05, 4.69) is 52.0 Å². The van der Waals surface area contributed by atoms with Gasteiger partial charge in [-0.15, -0.1) is 0 Å². The van der Waals surface area contributed by atoms with Crippen molar-refractivity contribution in [2.75, 3.05) is 0 Å². The molecular weight excluding hydrogens is 488 g/mol. The summed E-state index contributed by atoms with van der Waals surface area (Å²) in [4.78, 5) is 28.3. The van der Waals surface area contributed by atoms with Crippen LogP contribution in [0.1, 0.15) is 133 Å². The van der Waals surface area contributed by atoms with Crippen LogP contribution in [-0.2, 0) is 25.7 Å². The average Bonchev–Trinajstić information content (AvgIpc) is 2.98. The number of fused-ring (bicyclic) bond motifs is 4. The van der Waals surface area contributed by atoms with Crippen LogP contribution in [0.3, 0.4) is 0 Å². The van der Waals surface area contributed by atoms with Crippen LogP contribution in [-0.4, -0.2) is 11.6 Å². The summed E-state index contributed by atoms with van der Waals surface area (Å²) >= 11 is 0. The van der Waals surface area contributed by atoms with Crippen LogP contribution in [0.5, 0.6) is 0 Å². The van der Waals surface area contributed by atoms with Gasteiger partial charge < -0.3 is 0 Å². The molecule has 2 nitrogen and oxygen atoms in total. The standard InChI is InChI=1S/C38H44O2/c1-5-9-13-25-17-18-26(14-10-6-2)30-22-34-33(21-29(25)30)37(39)35-23-31-27(15-11-7-3)19-20-28(16-12-8-4)32(31)24-36(35)38(34)40/h17-24H,5-16H2,1-4H3. The van der Waals surface area contributed by atoms with Crippen molar-refractivity contribution in [2.24, 2.45) is 0 Å². The van der Waals surface area contributed by atoms with Gasteiger partial charge in [0.15, 0.2) is 11.6 Å². The van der Waals surface area contributed by atoms with E-state index < -0.39 is 0 Å². The highest BCUT2D eigenvalue weighted by Crippen LogP contribution is 2.37. The van der Waals surface area contributed by atoms with Crippen LogP contribution in [0.4, 0.5) is 0 Å². The number of carbonyl (C=O) groups is 2. The molecule has 0 spiro atoms. The summed E-state index contributed by atoms with van der Waals surface area (Å²) < 4.78 is 0. The van der Waals surface area contributed by atoms with Crippen LogP contribution in [0.2, 0.25) is 0 Å². The van der Waals surface area contributed by atoms with Gasteiger partial charge in [0, 0.05) is 22.3 Å². The Bertz CT molecular complexity index is 1340. The number of carbonyl (C=O) groups excluding carboxylic acids is 2. The molecule has 2 heteroatoms. The van der Waals surface area contributed by atoms with Gasteiger partial charge in [-0.05, 0) is 119 Å². The molecule has 0 unspecified atom stereocenters. The van der Waals surface area contributed by atoms with Crippen LogP contribution in [0.25, 0.3) is 21.5 Å². The molecule has 0 aliphatic heterocycles. The first-order valence-electron chi connectivity index (χ1n) is 15.8. The summed E-state index contributed by atoms with van der Waals surface area (Å²) in [6.07, 6.45) is 12.9. The summed E-state index contributed by atoms with van der Waals surface area (Å²) in [6.45, 7) is 8.86. The normalized spacial score (nSPS) is 12.8. The summed E-state index contributed by atoms with van der Waals surface area (Å²) in [5.74, 6) is -0.0107. The number of rotatable bonds is 12. The number of unbranched alkanes of at least 4 members (excludes halogenated alkanes) is 4. The third-order valence-corrected chi connectivity index (χ3v) is 8.85. The molecule has 0 radical (unpaired) electrons. The Morgan fingerprint density at radius 3 is 0.825 bits per heavy atom. The highest BCUT2D eigenvalue weighted by Gasteiger charge is 2.31. The van der Waals surface area contributed by atoms with Gasteiger partial charge in [0.1, 0.15) is 0 Å². The minimum Gasteiger partial charge on any atom is -0.289 e. The van der Waals surface area contributed by atoms with Gasteiger partial charge >= 0.3 is 0 Å². The molecule has 0 saturated carbocycles. The summed E-state index contributed by atoms with van der Waals surface area (Å²) in [6, 6.07) is 17.2. The molecule has 0 amide bonds. The zero-order valence-corrected chi connectivity index (χ0v) is 24.9. The van der Waals surface area contributed by atoms with E-state index in [1.807, 2.05) is 24.3 Å². The summed E-state index contributed by atoms with van der Waals surface area (Å²) in [5, 5.41) is 4.60. The van der Waals surface area contributed by atoms with Gasteiger partial charge in [0.2, 0.25) is 0 Å². The molecule has 0 bridgehead atoms. The number of hydrogen-bond donors (Lipinski definition) is 0. The Balaban J connectivity index is 1.71. The van der Waals surface area contributed by atoms with Crippen LogP contribution < -0.4 is 0 Å². The highest BCUT2D eigenvalue weighted by molar-refractivity contribution is 6.31. The topological polar surface area (TPSA) is 34.1 Å². The number of hydrogen-bond acceptors (Lipinski definition) is 2. The van der Waals surface area contributed by atoms with E-state index in [0.29, 0.717) is 22.3 Å². The van der Waals surface area contributed by atoms with Crippen LogP contribution >= 0.6 is 0 Å². The van der Waals surface area contributed by atoms with Crippen molar-refractivity contribution in [2.45, 2.75) is 105 Å². The smallest absolute Gasteiger partial charge is 0.194 e. The first-order chi connectivity index (χ1) is 19.5. The molecule has 0 heterocycles. The summed E-state index contributed by atoms with van der Waals surface area (Å²) in [5.41, 5.74) is 7.44. The Morgan fingerprint density at radius 1 is 0.400 bits per heavy atom. The quantitative estimate of drug-likeness (QED) is 0.160. The van der Waals surface area contributed by atoms with Gasteiger partial charge in [0.05, 0.1) is 0 Å². The number of benzene rings is 4. The van der Waals surface area contributed by atoms with Crippen molar-refractivity contribution < 1.29 is 9.59 Å². The summed E-state index contributed by atoms with van der Waals surface area (Å²) in [7, 11) is 0. The predicted octanol–water partition coefficient (Wildman–Crippen LogP) is 10.1. The van der Waals surface area contributed by atoms with E-state index >= 15 is 0 Å². The van der Waals surface area contributed by atoms with Gasteiger partial charge in [-0.25, -0.2) is 0 Å². The van der Waals surface area contributed by atoms with E-state index in [4.69, 9.17) is 0 Å². The second kappa shape index (κ2) is 12.5.